The lowest BCUT2D eigenvalue weighted by atomic mass is 10.0. The second-order valence-electron chi connectivity index (χ2n) is 4.77. The lowest BCUT2D eigenvalue weighted by Crippen LogP contribution is -2.20. The van der Waals surface area contributed by atoms with Crippen LogP contribution in [0.5, 0.6) is 5.75 Å². The third-order valence-corrected chi connectivity index (χ3v) is 2.99. The van der Waals surface area contributed by atoms with E-state index in [9.17, 15) is 13.2 Å². The van der Waals surface area contributed by atoms with Crippen LogP contribution in [0.4, 0.5) is 13.2 Å². The Morgan fingerprint density at radius 3 is 2.32 bits per heavy atom. The first-order chi connectivity index (χ1) is 9.94. The highest BCUT2D eigenvalue weighted by Crippen LogP contribution is 2.29. The van der Waals surface area contributed by atoms with E-state index in [2.05, 4.69) is 0 Å². The highest BCUT2D eigenvalue weighted by atomic mass is 35.5. The summed E-state index contributed by atoms with van der Waals surface area (Å²) < 4.78 is 42.6. The molecule has 0 amide bonds. The first-order valence-electron chi connectivity index (χ1n) is 6.53. The summed E-state index contributed by atoms with van der Waals surface area (Å²) in [7, 11) is 0. The Balaban J connectivity index is 0.00000242. The molecule has 0 saturated carbocycles. The molecule has 120 valence electrons. The second-order valence-corrected chi connectivity index (χ2v) is 4.77. The van der Waals surface area contributed by atoms with Crippen LogP contribution in [0.25, 0.3) is 0 Å². The fraction of sp³-hybridized carbons (Fsp3) is 0.250. The number of hydrogen-bond donors (Lipinski definition) is 1. The van der Waals surface area contributed by atoms with Gasteiger partial charge in [-0.05, 0) is 23.3 Å². The molecular weight excluding hydrogens is 315 g/mol. The molecule has 22 heavy (non-hydrogen) atoms. The van der Waals surface area contributed by atoms with E-state index in [-0.39, 0.29) is 12.4 Å². The lowest BCUT2D eigenvalue weighted by molar-refractivity contribution is -0.138. The molecule has 0 unspecified atom stereocenters. The summed E-state index contributed by atoms with van der Waals surface area (Å²) in [5.74, 6) is 0.508. The van der Waals surface area contributed by atoms with E-state index < -0.39 is 18.6 Å². The monoisotopic (exact) mass is 331 g/mol. The maximum Gasteiger partial charge on any atom is 0.390 e. The highest BCUT2D eigenvalue weighted by Gasteiger charge is 2.30. The summed E-state index contributed by atoms with van der Waals surface area (Å²) in [5.41, 5.74) is 6.98. The van der Waals surface area contributed by atoms with Crippen molar-refractivity contribution in [3.05, 3.63) is 65.7 Å². The van der Waals surface area contributed by atoms with E-state index in [1.807, 2.05) is 30.3 Å². The fourth-order valence-electron chi connectivity index (χ4n) is 1.94. The molecule has 0 aromatic heterocycles. The summed E-state index contributed by atoms with van der Waals surface area (Å²) in [4.78, 5) is 0. The topological polar surface area (TPSA) is 35.2 Å². The number of ether oxygens (including phenoxy) is 1. The minimum atomic E-state index is -4.28. The van der Waals surface area contributed by atoms with Crippen LogP contribution in [0.2, 0.25) is 0 Å². The SMILES string of the molecule is Cl.N[C@@H](CC(F)(F)F)c1cccc(OCc2ccccc2)c1. The average Bonchev–Trinajstić information content (AvgIpc) is 2.45. The zero-order valence-electron chi connectivity index (χ0n) is 11.7. The zero-order chi connectivity index (χ0) is 15.3. The Labute approximate surface area is 133 Å². The standard InChI is InChI=1S/C16H16F3NO.ClH/c17-16(18,19)10-15(20)13-7-4-8-14(9-13)21-11-12-5-2-1-3-6-12;/h1-9,15H,10-11,20H2;1H/t15-;/m0./s1. The molecule has 0 saturated heterocycles. The van der Waals surface area contributed by atoms with Gasteiger partial charge in [-0.2, -0.15) is 13.2 Å². The summed E-state index contributed by atoms with van der Waals surface area (Å²) in [5, 5.41) is 0. The Bertz CT molecular complexity index is 575. The van der Waals surface area contributed by atoms with Gasteiger partial charge in [-0.25, -0.2) is 0 Å². The van der Waals surface area contributed by atoms with Crippen LogP contribution in [0, 0.1) is 0 Å². The average molecular weight is 332 g/mol. The summed E-state index contributed by atoms with van der Waals surface area (Å²) in [6, 6.07) is 14.9. The Morgan fingerprint density at radius 2 is 1.68 bits per heavy atom. The first kappa shape index (κ1) is 18.3. The number of nitrogens with two attached hydrogens (primary N) is 1. The molecule has 2 aromatic carbocycles. The van der Waals surface area contributed by atoms with Crippen molar-refractivity contribution in [2.45, 2.75) is 25.2 Å². The predicted molar refractivity (Wildman–Crippen MR) is 82.1 cm³/mol. The molecular formula is C16H17ClF3NO. The van der Waals surface area contributed by atoms with Gasteiger partial charge in [0.25, 0.3) is 0 Å². The van der Waals surface area contributed by atoms with Crippen molar-refractivity contribution in [2.24, 2.45) is 5.73 Å². The normalized spacial score (nSPS) is 12.4. The molecule has 6 heteroatoms. The third kappa shape index (κ3) is 5.95. The van der Waals surface area contributed by atoms with Crippen molar-refractivity contribution >= 4 is 12.4 Å². The van der Waals surface area contributed by atoms with E-state index in [1.54, 1.807) is 24.3 Å². The van der Waals surface area contributed by atoms with Gasteiger partial charge in [-0.15, -0.1) is 12.4 Å². The Hall–Kier alpha value is -1.72. The van der Waals surface area contributed by atoms with E-state index >= 15 is 0 Å². The molecule has 2 rings (SSSR count). The molecule has 0 spiro atoms. The third-order valence-electron chi connectivity index (χ3n) is 2.99. The molecule has 0 aliphatic rings. The Morgan fingerprint density at radius 1 is 1.00 bits per heavy atom. The van der Waals surface area contributed by atoms with Gasteiger partial charge in [-0.3, -0.25) is 0 Å². The molecule has 1 atom stereocenters. The van der Waals surface area contributed by atoms with Gasteiger partial charge in [0, 0.05) is 6.04 Å². The number of alkyl halides is 3. The highest BCUT2D eigenvalue weighted by molar-refractivity contribution is 5.85. The van der Waals surface area contributed by atoms with Crippen LogP contribution in [-0.2, 0) is 6.61 Å². The van der Waals surface area contributed by atoms with E-state index in [0.29, 0.717) is 17.9 Å². The molecule has 0 radical (unpaired) electrons. The van der Waals surface area contributed by atoms with Gasteiger partial charge >= 0.3 is 6.18 Å². The minimum absolute atomic E-state index is 0. The molecule has 0 fully saturated rings. The molecule has 2 aromatic rings. The maximum atomic E-state index is 12.4. The second kappa shape index (κ2) is 8.06. The largest absolute Gasteiger partial charge is 0.489 e. The van der Waals surface area contributed by atoms with Gasteiger partial charge in [0.15, 0.2) is 0 Å². The van der Waals surface area contributed by atoms with Gasteiger partial charge in [0.05, 0.1) is 6.42 Å². The molecule has 0 bridgehead atoms. The van der Waals surface area contributed by atoms with Crippen molar-refractivity contribution in [1.82, 2.24) is 0 Å². The van der Waals surface area contributed by atoms with Crippen LogP contribution < -0.4 is 10.5 Å². The van der Waals surface area contributed by atoms with Gasteiger partial charge in [-0.1, -0.05) is 42.5 Å². The molecule has 0 heterocycles. The van der Waals surface area contributed by atoms with Crippen molar-refractivity contribution in [2.75, 3.05) is 0 Å². The molecule has 2 N–H and O–H groups in total. The number of halogens is 4. The van der Waals surface area contributed by atoms with Crippen molar-refractivity contribution in [3.63, 3.8) is 0 Å². The summed E-state index contributed by atoms with van der Waals surface area (Å²) in [6.07, 6.45) is -5.32. The fourth-order valence-corrected chi connectivity index (χ4v) is 1.94. The van der Waals surface area contributed by atoms with Crippen molar-refractivity contribution < 1.29 is 17.9 Å². The number of benzene rings is 2. The van der Waals surface area contributed by atoms with Crippen LogP contribution in [0.15, 0.2) is 54.6 Å². The predicted octanol–water partition coefficient (Wildman–Crippen LogP) is 4.64. The number of rotatable bonds is 5. The first-order valence-corrected chi connectivity index (χ1v) is 6.53. The summed E-state index contributed by atoms with van der Waals surface area (Å²) >= 11 is 0. The summed E-state index contributed by atoms with van der Waals surface area (Å²) in [6.45, 7) is 0.360. The molecule has 0 aliphatic carbocycles. The zero-order valence-corrected chi connectivity index (χ0v) is 12.5. The van der Waals surface area contributed by atoms with Gasteiger partial charge in [0.2, 0.25) is 0 Å². The maximum absolute atomic E-state index is 12.4. The van der Waals surface area contributed by atoms with Gasteiger partial charge < -0.3 is 10.5 Å². The smallest absolute Gasteiger partial charge is 0.390 e. The van der Waals surface area contributed by atoms with Crippen LogP contribution in [0.1, 0.15) is 23.6 Å². The van der Waals surface area contributed by atoms with Crippen LogP contribution in [0.3, 0.4) is 0 Å². The number of hydrogen-bond acceptors (Lipinski definition) is 2. The van der Waals surface area contributed by atoms with E-state index in [4.69, 9.17) is 10.5 Å². The Kier molecular flexibility index (Phi) is 6.71. The van der Waals surface area contributed by atoms with Crippen LogP contribution >= 0.6 is 12.4 Å². The van der Waals surface area contributed by atoms with Crippen molar-refractivity contribution in [1.29, 1.82) is 0 Å². The lowest BCUT2D eigenvalue weighted by Gasteiger charge is -2.15. The molecule has 0 aliphatic heterocycles. The minimum Gasteiger partial charge on any atom is -0.489 e. The molecule has 2 nitrogen and oxygen atoms in total. The van der Waals surface area contributed by atoms with E-state index in [0.717, 1.165) is 5.56 Å². The van der Waals surface area contributed by atoms with Gasteiger partial charge in [0.1, 0.15) is 12.4 Å². The quantitative estimate of drug-likeness (QED) is 0.866. The van der Waals surface area contributed by atoms with E-state index in [1.165, 1.54) is 0 Å². The van der Waals surface area contributed by atoms with Crippen molar-refractivity contribution in [3.8, 4) is 5.75 Å². The van der Waals surface area contributed by atoms with Crippen LogP contribution in [-0.4, -0.2) is 6.18 Å².